The van der Waals surface area contributed by atoms with Gasteiger partial charge in [-0.3, -0.25) is 0 Å². The number of alkyl halides is 3. The van der Waals surface area contributed by atoms with Gasteiger partial charge in [0.1, 0.15) is 0 Å². The first kappa shape index (κ1) is 9.43. The van der Waals surface area contributed by atoms with Crippen LogP contribution in [0.5, 0.6) is 0 Å². The first-order valence-corrected chi connectivity index (χ1v) is 7.58. The van der Waals surface area contributed by atoms with E-state index in [0.717, 1.165) is 0 Å². The van der Waals surface area contributed by atoms with E-state index in [-0.39, 0.29) is 21.2 Å². The van der Waals surface area contributed by atoms with Gasteiger partial charge in [0.05, 0.1) is 0 Å². The van der Waals surface area contributed by atoms with Crippen molar-refractivity contribution in [3.05, 3.63) is 18.0 Å². The number of hydrogen-bond acceptors (Lipinski definition) is 3. The van der Waals surface area contributed by atoms with Gasteiger partial charge >= 0.3 is 90.3 Å². The average molecular weight is 376 g/mol. The van der Waals surface area contributed by atoms with Crippen molar-refractivity contribution in [3.63, 3.8) is 0 Å². The van der Waals surface area contributed by atoms with E-state index in [4.69, 9.17) is 5.73 Å². The van der Waals surface area contributed by atoms with Crippen molar-refractivity contribution in [2.75, 3.05) is 10.7 Å². The van der Waals surface area contributed by atoms with Gasteiger partial charge in [0.2, 0.25) is 0 Å². The molecule has 1 aromatic rings. The van der Waals surface area contributed by atoms with Crippen LogP contribution in [0, 0.1) is 0 Å². The molecule has 2 N–H and O–H groups in total. The number of nitrogens with two attached hydrogens (primary N) is 1. The molecule has 1 heterocycles. The molecule has 0 fully saturated rings. The summed E-state index contributed by atoms with van der Waals surface area (Å²) in [5.41, 5.74) is 6.54. The third-order valence-electron chi connectivity index (χ3n) is 1.14. The fraction of sp³-hybridized carbons (Fsp3) is 0.333. The van der Waals surface area contributed by atoms with Crippen molar-refractivity contribution in [2.45, 2.75) is 1.93 Å². The monoisotopic (exact) mass is 376 g/mol. The summed E-state index contributed by atoms with van der Waals surface area (Å²) in [6.07, 6.45) is 3.62. The quantitative estimate of drug-likeness (QED) is 0.491. The minimum absolute atomic E-state index is 0.222. The number of nitrogens with zero attached hydrogens (tertiary/aromatic N) is 2. The Balaban J connectivity index is 2.81. The van der Waals surface area contributed by atoms with Crippen LogP contribution < -0.4 is 26.9 Å². The van der Waals surface area contributed by atoms with Crippen molar-refractivity contribution in [3.8, 4) is 0 Å². The summed E-state index contributed by atoms with van der Waals surface area (Å²) >= 11 is 2.63. The summed E-state index contributed by atoms with van der Waals surface area (Å²) in [6.45, 7) is 0. The first-order chi connectivity index (χ1) is 5.24. The maximum absolute atomic E-state index is 5.35. The predicted molar refractivity (Wildman–Crippen MR) is 49.1 cm³/mol. The van der Waals surface area contributed by atoms with Crippen LogP contribution in [0.25, 0.3) is 0 Å². The number of rotatable bonds is 2. The molecular weight excluding hydrogens is 368 g/mol. The molecule has 0 aliphatic heterocycles. The molecule has 1 atom stereocenters. The first-order valence-electron chi connectivity index (χ1n) is 2.93. The molecule has 1 aromatic heterocycles. The van der Waals surface area contributed by atoms with Crippen LogP contribution in [0.2, 0.25) is 0 Å². The fourth-order valence-electron chi connectivity index (χ4n) is 0.587. The molecule has 11 heavy (non-hydrogen) atoms. The molecule has 0 radical (unpaired) electrons. The van der Waals surface area contributed by atoms with Gasteiger partial charge in [0, 0.05) is 0 Å². The number of anilines is 1. The summed E-state index contributed by atoms with van der Waals surface area (Å²) in [7, 11) is 0. The number of aromatic nitrogens is 2. The molecule has 1 rings (SSSR count). The zero-order chi connectivity index (χ0) is 8.27. The Hall–Kier alpha value is 0.340. The Labute approximate surface area is 89.6 Å². The van der Waals surface area contributed by atoms with Crippen LogP contribution in [-0.4, -0.2) is 14.9 Å². The summed E-state index contributed by atoms with van der Waals surface area (Å²) in [5.74, 6) is 0.353. The Morgan fingerprint density at radius 1 is 1.55 bits per heavy atom. The topological polar surface area (TPSA) is 51.8 Å². The van der Waals surface area contributed by atoms with Gasteiger partial charge in [0.25, 0.3) is 0 Å². The van der Waals surface area contributed by atoms with Gasteiger partial charge in [-0.2, -0.15) is 0 Å². The average Bonchev–Trinajstić information content (AvgIpc) is 2.05. The van der Waals surface area contributed by atoms with Gasteiger partial charge in [-0.25, -0.2) is 0 Å². The number of hydrogen-bond donors (Lipinski definition) is 1. The standard InChI is InChI=1S/C6H8I2N3/c1-8-5(7)4-2-10-6(9)11-3-4/h2-3,5H,1H3,(H2,9,10,11)/q-1. The van der Waals surface area contributed by atoms with Gasteiger partial charge < -0.3 is 0 Å². The van der Waals surface area contributed by atoms with Crippen molar-refractivity contribution in [1.29, 1.82) is 0 Å². The van der Waals surface area contributed by atoms with E-state index in [2.05, 4.69) is 37.5 Å². The predicted octanol–water partition coefficient (Wildman–Crippen LogP) is -1.79. The Bertz CT molecular complexity index is 224. The summed E-state index contributed by atoms with van der Waals surface area (Å²) in [4.78, 5) is 10.1. The Morgan fingerprint density at radius 2 is 2.09 bits per heavy atom. The van der Waals surface area contributed by atoms with E-state index < -0.39 is 0 Å². The zero-order valence-electron chi connectivity index (χ0n) is 5.96. The summed E-state index contributed by atoms with van der Waals surface area (Å²) < 4.78 is 0.604. The maximum atomic E-state index is 5.35. The van der Waals surface area contributed by atoms with Crippen LogP contribution in [0.4, 0.5) is 5.95 Å². The van der Waals surface area contributed by atoms with Crippen LogP contribution in [-0.2, 0) is 0 Å². The van der Waals surface area contributed by atoms with Crippen molar-refractivity contribution >= 4 is 28.5 Å². The molecule has 62 valence electrons. The van der Waals surface area contributed by atoms with Crippen molar-refractivity contribution < 1.29 is 21.2 Å². The summed E-state index contributed by atoms with van der Waals surface area (Å²) in [5, 5.41) is 0. The molecule has 0 bridgehead atoms. The van der Waals surface area contributed by atoms with E-state index in [1.54, 1.807) is 0 Å². The molecule has 5 heteroatoms. The Kier molecular flexibility index (Phi) is 3.76. The van der Waals surface area contributed by atoms with Gasteiger partial charge in [-0.05, 0) is 0 Å². The van der Waals surface area contributed by atoms with Gasteiger partial charge in [0.15, 0.2) is 0 Å². The number of nitrogen functional groups attached to an aromatic ring is 1. The minimum atomic E-state index is 0.222. The molecule has 0 aliphatic rings. The van der Waals surface area contributed by atoms with Crippen LogP contribution in [0.15, 0.2) is 12.4 Å². The fourth-order valence-corrected chi connectivity index (χ4v) is 1.95. The molecule has 0 amide bonds. The second-order valence-electron chi connectivity index (χ2n) is 1.89. The number of halogens is 2. The van der Waals surface area contributed by atoms with E-state index in [0.29, 0.717) is 7.88 Å². The Morgan fingerprint density at radius 3 is 2.55 bits per heavy atom. The molecule has 1 unspecified atom stereocenters. The third-order valence-corrected chi connectivity index (χ3v) is 6.83. The van der Waals surface area contributed by atoms with Crippen molar-refractivity contribution in [1.82, 2.24) is 9.97 Å². The SMILES string of the molecule is C[I-]C(I)c1cnc(N)nc1. The van der Waals surface area contributed by atoms with E-state index in [9.17, 15) is 0 Å². The second kappa shape index (κ2) is 4.39. The molecule has 0 saturated heterocycles. The van der Waals surface area contributed by atoms with Crippen LogP contribution in [0.3, 0.4) is 0 Å². The van der Waals surface area contributed by atoms with Gasteiger partial charge in [-0.1, -0.05) is 0 Å². The molecule has 0 aromatic carbocycles. The molecule has 0 aliphatic carbocycles. The van der Waals surface area contributed by atoms with Gasteiger partial charge in [-0.15, -0.1) is 0 Å². The second-order valence-corrected chi connectivity index (χ2v) is 8.01. The normalized spacial score (nSPS) is 13.3. The summed E-state index contributed by atoms with van der Waals surface area (Å²) in [6, 6.07) is 0. The molecule has 0 spiro atoms. The van der Waals surface area contributed by atoms with E-state index >= 15 is 0 Å². The van der Waals surface area contributed by atoms with Crippen molar-refractivity contribution in [2.24, 2.45) is 0 Å². The van der Waals surface area contributed by atoms with Crippen LogP contribution >= 0.6 is 22.6 Å². The van der Waals surface area contributed by atoms with E-state index in [1.807, 2.05) is 12.4 Å². The zero-order valence-corrected chi connectivity index (χ0v) is 10.3. The van der Waals surface area contributed by atoms with E-state index in [1.165, 1.54) is 5.56 Å². The van der Waals surface area contributed by atoms with Crippen LogP contribution in [0.1, 0.15) is 7.49 Å². The molecular formula is C6H8I2N3-. The molecule has 3 nitrogen and oxygen atoms in total. The molecule has 0 saturated carbocycles. The third kappa shape index (κ3) is 2.69.